The molecule has 1 aromatic rings. The lowest BCUT2D eigenvalue weighted by molar-refractivity contribution is -0.0510. The first-order chi connectivity index (χ1) is 7.41. The summed E-state index contributed by atoms with van der Waals surface area (Å²) in [6.45, 7) is 4.12. The van der Waals surface area contributed by atoms with Crippen molar-refractivity contribution in [2.75, 3.05) is 5.32 Å². The minimum absolute atomic E-state index is 0.0916. The number of rotatable bonds is 2. The lowest BCUT2D eigenvalue weighted by atomic mass is 9.64. The molecule has 0 saturated heterocycles. The van der Waals surface area contributed by atoms with Crippen molar-refractivity contribution in [1.29, 1.82) is 0 Å². The molecule has 1 aromatic carbocycles. The number of hydrogen-bond donors (Lipinski definition) is 2. The number of hydrogen-bond acceptors (Lipinski definition) is 2. The van der Waals surface area contributed by atoms with E-state index < -0.39 is 0 Å². The molecule has 2 nitrogen and oxygen atoms in total. The van der Waals surface area contributed by atoms with E-state index >= 15 is 0 Å². The van der Waals surface area contributed by atoms with Gasteiger partial charge in [-0.1, -0.05) is 41.4 Å². The Morgan fingerprint density at radius 3 is 2.75 bits per heavy atom. The second-order valence-corrected chi connectivity index (χ2v) is 6.22. The predicted octanol–water partition coefficient (Wildman–Crippen LogP) is 3.67. The van der Waals surface area contributed by atoms with E-state index in [1.807, 2.05) is 18.2 Å². The van der Waals surface area contributed by atoms with Gasteiger partial charge in [0.25, 0.3) is 0 Å². The second-order valence-electron chi connectivity index (χ2n) is 4.89. The second kappa shape index (κ2) is 4.21. The van der Waals surface area contributed by atoms with Gasteiger partial charge in [-0.05, 0) is 24.6 Å². The Hall–Kier alpha value is -0.250. The number of halogens is 2. The van der Waals surface area contributed by atoms with E-state index in [2.05, 4.69) is 35.1 Å². The number of anilines is 1. The fourth-order valence-corrected chi connectivity index (χ4v) is 2.48. The average Bonchev–Trinajstić information content (AvgIpc) is 2.23. The van der Waals surface area contributed by atoms with Gasteiger partial charge in [0, 0.05) is 15.9 Å². The highest BCUT2D eigenvalue weighted by molar-refractivity contribution is 9.10. The van der Waals surface area contributed by atoms with Gasteiger partial charge in [0.2, 0.25) is 0 Å². The fraction of sp³-hybridized carbons (Fsp3) is 0.500. The number of benzene rings is 1. The van der Waals surface area contributed by atoms with Crippen LogP contribution in [0.4, 0.5) is 5.69 Å². The molecule has 1 saturated carbocycles. The number of aliphatic hydroxyl groups excluding tert-OH is 1. The summed E-state index contributed by atoms with van der Waals surface area (Å²) in [5, 5.41) is 13.8. The molecule has 2 atom stereocenters. The molecule has 2 rings (SSSR count). The Labute approximate surface area is 109 Å². The van der Waals surface area contributed by atoms with Crippen LogP contribution in [0.5, 0.6) is 0 Å². The highest BCUT2D eigenvalue weighted by Gasteiger charge is 2.47. The van der Waals surface area contributed by atoms with Crippen LogP contribution in [0.3, 0.4) is 0 Å². The Balaban J connectivity index is 2.13. The van der Waals surface area contributed by atoms with Gasteiger partial charge in [-0.25, -0.2) is 0 Å². The highest BCUT2D eigenvalue weighted by Crippen LogP contribution is 2.43. The number of aliphatic hydroxyl groups is 1. The van der Waals surface area contributed by atoms with Gasteiger partial charge in [-0.15, -0.1) is 0 Å². The van der Waals surface area contributed by atoms with Crippen molar-refractivity contribution in [2.45, 2.75) is 32.4 Å². The van der Waals surface area contributed by atoms with E-state index in [1.54, 1.807) is 0 Å². The molecule has 1 aliphatic carbocycles. The minimum Gasteiger partial charge on any atom is -0.392 e. The van der Waals surface area contributed by atoms with Crippen molar-refractivity contribution in [3.05, 3.63) is 27.7 Å². The van der Waals surface area contributed by atoms with Crippen LogP contribution in [0, 0.1) is 5.41 Å². The zero-order chi connectivity index (χ0) is 11.9. The Bertz CT molecular complexity index is 408. The van der Waals surface area contributed by atoms with E-state index in [0.29, 0.717) is 5.02 Å². The smallest absolute Gasteiger partial charge is 0.0638 e. The summed E-state index contributed by atoms with van der Waals surface area (Å²) in [6, 6.07) is 6.00. The summed E-state index contributed by atoms with van der Waals surface area (Å²) in [7, 11) is 0. The lowest BCUT2D eigenvalue weighted by Crippen LogP contribution is -2.56. The quantitative estimate of drug-likeness (QED) is 0.873. The van der Waals surface area contributed by atoms with Crippen molar-refractivity contribution in [3.8, 4) is 0 Å². The zero-order valence-electron chi connectivity index (χ0n) is 9.30. The van der Waals surface area contributed by atoms with Crippen LogP contribution < -0.4 is 5.32 Å². The third-order valence-corrected chi connectivity index (χ3v) is 4.30. The predicted molar refractivity (Wildman–Crippen MR) is 71.0 cm³/mol. The van der Waals surface area contributed by atoms with Crippen LogP contribution in [-0.2, 0) is 0 Å². The van der Waals surface area contributed by atoms with Gasteiger partial charge < -0.3 is 10.4 Å². The molecule has 16 heavy (non-hydrogen) atoms. The molecule has 0 bridgehead atoms. The summed E-state index contributed by atoms with van der Waals surface area (Å²) >= 11 is 9.52. The fourth-order valence-electron chi connectivity index (χ4n) is 1.94. The summed E-state index contributed by atoms with van der Waals surface area (Å²) in [5.41, 5.74) is 0.826. The normalized spacial score (nSPS) is 27.3. The molecule has 0 aliphatic heterocycles. The Kier molecular flexibility index (Phi) is 3.21. The molecule has 4 heteroatoms. The Morgan fingerprint density at radius 2 is 2.19 bits per heavy atom. The van der Waals surface area contributed by atoms with E-state index in [1.165, 1.54) is 0 Å². The monoisotopic (exact) mass is 303 g/mol. The summed E-state index contributed by atoms with van der Waals surface area (Å²) in [4.78, 5) is 0. The topological polar surface area (TPSA) is 32.3 Å². The summed E-state index contributed by atoms with van der Waals surface area (Å²) in [5.74, 6) is 0. The molecule has 0 amide bonds. The molecular weight excluding hydrogens is 289 g/mol. The maximum Gasteiger partial charge on any atom is 0.0638 e. The van der Waals surface area contributed by atoms with E-state index in [0.717, 1.165) is 16.6 Å². The van der Waals surface area contributed by atoms with Crippen LogP contribution in [0.2, 0.25) is 5.02 Å². The van der Waals surface area contributed by atoms with Gasteiger partial charge >= 0.3 is 0 Å². The van der Waals surface area contributed by atoms with Gasteiger partial charge in [0.15, 0.2) is 0 Å². The highest BCUT2D eigenvalue weighted by atomic mass is 79.9. The molecule has 1 aliphatic rings. The molecular formula is C12H15BrClNO. The van der Waals surface area contributed by atoms with Gasteiger partial charge in [-0.3, -0.25) is 0 Å². The van der Waals surface area contributed by atoms with Crippen molar-refractivity contribution >= 4 is 33.2 Å². The molecule has 0 heterocycles. The van der Waals surface area contributed by atoms with E-state index in [4.69, 9.17) is 11.6 Å². The standard InChI is InChI=1S/C12H15BrClNO/c1-12(2)10(6-11(12)16)15-9-5-7(13)3-4-8(9)14/h3-5,10-11,15-16H,6H2,1-2H3. The van der Waals surface area contributed by atoms with E-state index in [9.17, 15) is 5.11 Å². The van der Waals surface area contributed by atoms with Crippen molar-refractivity contribution in [1.82, 2.24) is 0 Å². The van der Waals surface area contributed by atoms with Crippen molar-refractivity contribution in [3.63, 3.8) is 0 Å². The summed E-state index contributed by atoms with van der Waals surface area (Å²) in [6.07, 6.45) is 0.548. The van der Waals surface area contributed by atoms with Gasteiger partial charge in [0.05, 0.1) is 16.8 Å². The molecule has 2 unspecified atom stereocenters. The molecule has 0 aromatic heterocycles. The molecule has 0 radical (unpaired) electrons. The van der Waals surface area contributed by atoms with Crippen molar-refractivity contribution in [2.24, 2.45) is 5.41 Å². The van der Waals surface area contributed by atoms with Crippen LogP contribution in [0.1, 0.15) is 20.3 Å². The van der Waals surface area contributed by atoms with Crippen molar-refractivity contribution < 1.29 is 5.11 Å². The largest absolute Gasteiger partial charge is 0.392 e. The third-order valence-electron chi connectivity index (χ3n) is 3.47. The third kappa shape index (κ3) is 2.08. The first-order valence-electron chi connectivity index (χ1n) is 5.31. The van der Waals surface area contributed by atoms with Crippen LogP contribution in [0.15, 0.2) is 22.7 Å². The van der Waals surface area contributed by atoms with E-state index in [-0.39, 0.29) is 17.6 Å². The molecule has 1 fully saturated rings. The van der Waals surface area contributed by atoms with Crippen LogP contribution in [-0.4, -0.2) is 17.3 Å². The van der Waals surface area contributed by atoms with Crippen LogP contribution in [0.25, 0.3) is 0 Å². The minimum atomic E-state index is -0.226. The SMILES string of the molecule is CC1(C)C(O)CC1Nc1cc(Br)ccc1Cl. The lowest BCUT2D eigenvalue weighted by Gasteiger charge is -2.50. The average molecular weight is 305 g/mol. The first kappa shape index (κ1) is 12.2. The van der Waals surface area contributed by atoms with Crippen LogP contribution >= 0.6 is 27.5 Å². The molecule has 88 valence electrons. The number of nitrogens with one attached hydrogen (secondary N) is 1. The summed E-state index contributed by atoms with van der Waals surface area (Å²) < 4.78 is 0.997. The first-order valence-corrected chi connectivity index (χ1v) is 6.48. The van der Waals surface area contributed by atoms with Gasteiger partial charge in [0.1, 0.15) is 0 Å². The Morgan fingerprint density at radius 1 is 1.50 bits per heavy atom. The van der Waals surface area contributed by atoms with Gasteiger partial charge in [-0.2, -0.15) is 0 Å². The maximum atomic E-state index is 9.67. The molecule has 2 N–H and O–H groups in total. The zero-order valence-corrected chi connectivity index (χ0v) is 11.6. The maximum absolute atomic E-state index is 9.67. The molecule has 0 spiro atoms.